The van der Waals surface area contributed by atoms with Crippen molar-refractivity contribution in [2.45, 2.75) is 13.5 Å². The number of hydrogen-bond acceptors (Lipinski definition) is 2. The smallest absolute Gasteiger partial charge is 0.148 e. The van der Waals surface area contributed by atoms with E-state index in [1.54, 1.807) is 4.68 Å². The molecule has 0 aliphatic carbocycles. The van der Waals surface area contributed by atoms with Gasteiger partial charge in [0.2, 0.25) is 0 Å². The zero-order valence-corrected chi connectivity index (χ0v) is 10.9. The lowest BCUT2D eigenvalue weighted by atomic mass is 10.2. The van der Waals surface area contributed by atoms with Crippen LogP contribution in [0, 0.1) is 18.6 Å². The molecular weight excluding hydrogens is 260 g/mol. The van der Waals surface area contributed by atoms with Gasteiger partial charge >= 0.3 is 0 Å². The number of aromatic nitrogens is 2. The third kappa shape index (κ3) is 3.20. The summed E-state index contributed by atoms with van der Waals surface area (Å²) in [6, 6.07) is 5.25. The van der Waals surface area contributed by atoms with E-state index in [-0.39, 0.29) is 24.5 Å². The van der Waals surface area contributed by atoms with Crippen LogP contribution in [0.4, 0.5) is 14.6 Å². The Morgan fingerprint density at radius 3 is 2.61 bits per heavy atom. The normalized spacial score (nSPS) is 10.0. The van der Waals surface area contributed by atoms with Gasteiger partial charge in [-0.1, -0.05) is 0 Å². The minimum atomic E-state index is -0.444. The molecule has 0 amide bonds. The molecule has 0 unspecified atom stereocenters. The van der Waals surface area contributed by atoms with Crippen molar-refractivity contribution in [3.8, 4) is 0 Å². The van der Waals surface area contributed by atoms with Crippen molar-refractivity contribution in [3.63, 3.8) is 0 Å². The summed E-state index contributed by atoms with van der Waals surface area (Å²) in [6.07, 6.45) is 0. The first-order valence-electron chi connectivity index (χ1n) is 5.24. The lowest BCUT2D eigenvalue weighted by Gasteiger charge is -2.04. The fourth-order valence-corrected chi connectivity index (χ4v) is 1.51. The Balaban J connectivity index is 0.00000162. The van der Waals surface area contributed by atoms with Crippen LogP contribution in [0.25, 0.3) is 0 Å². The second kappa shape index (κ2) is 5.82. The first-order chi connectivity index (χ1) is 8.06. The predicted octanol–water partition coefficient (Wildman–Crippen LogP) is 3.04. The van der Waals surface area contributed by atoms with Crippen molar-refractivity contribution in [1.82, 2.24) is 9.78 Å². The van der Waals surface area contributed by atoms with Gasteiger partial charge in [-0.2, -0.15) is 5.10 Å². The van der Waals surface area contributed by atoms with Crippen molar-refractivity contribution >= 4 is 18.2 Å². The number of aryl methyl sites for hydroxylation is 2. The van der Waals surface area contributed by atoms with E-state index in [0.717, 1.165) is 17.8 Å². The van der Waals surface area contributed by atoms with Crippen LogP contribution in [-0.2, 0) is 13.6 Å². The van der Waals surface area contributed by atoms with Crippen molar-refractivity contribution in [1.29, 1.82) is 0 Å². The first-order valence-corrected chi connectivity index (χ1v) is 5.24. The van der Waals surface area contributed by atoms with Gasteiger partial charge in [0.15, 0.2) is 0 Å². The summed E-state index contributed by atoms with van der Waals surface area (Å²) in [4.78, 5) is 0. The summed E-state index contributed by atoms with van der Waals surface area (Å²) >= 11 is 0. The standard InChI is InChI=1S/C12H13F2N3.ClH/c1-8-5-12(16-17(8)2)15-7-9-6-10(13)3-4-11(9)14;/h3-6H,7H2,1-2H3,(H,15,16);1H. The van der Waals surface area contributed by atoms with Gasteiger partial charge < -0.3 is 5.32 Å². The SMILES string of the molecule is Cc1cc(NCc2cc(F)ccc2F)nn1C.Cl. The first kappa shape index (κ1) is 14.4. The average Bonchev–Trinajstić information content (AvgIpc) is 2.60. The van der Waals surface area contributed by atoms with E-state index in [0.29, 0.717) is 5.82 Å². The summed E-state index contributed by atoms with van der Waals surface area (Å²) in [5, 5.41) is 7.12. The van der Waals surface area contributed by atoms with Crippen LogP contribution >= 0.6 is 12.4 Å². The van der Waals surface area contributed by atoms with Crippen molar-refractivity contribution in [2.75, 3.05) is 5.32 Å². The maximum Gasteiger partial charge on any atom is 0.148 e. The number of anilines is 1. The number of rotatable bonds is 3. The van der Waals surface area contributed by atoms with Gasteiger partial charge in [-0.05, 0) is 25.1 Å². The largest absolute Gasteiger partial charge is 0.364 e. The van der Waals surface area contributed by atoms with E-state index in [1.807, 2.05) is 20.0 Å². The van der Waals surface area contributed by atoms with Crippen molar-refractivity contribution < 1.29 is 8.78 Å². The molecule has 1 heterocycles. The van der Waals surface area contributed by atoms with Crippen molar-refractivity contribution in [2.24, 2.45) is 7.05 Å². The Morgan fingerprint density at radius 2 is 2.00 bits per heavy atom. The zero-order chi connectivity index (χ0) is 12.4. The van der Waals surface area contributed by atoms with Crippen LogP contribution in [0.1, 0.15) is 11.3 Å². The number of benzene rings is 1. The fourth-order valence-electron chi connectivity index (χ4n) is 1.51. The molecule has 0 spiro atoms. The predicted molar refractivity (Wildman–Crippen MR) is 68.9 cm³/mol. The third-order valence-corrected chi connectivity index (χ3v) is 2.58. The molecule has 3 nitrogen and oxygen atoms in total. The molecular formula is C12H14ClF2N3. The van der Waals surface area contributed by atoms with E-state index < -0.39 is 11.6 Å². The van der Waals surface area contributed by atoms with Gasteiger partial charge in [0.25, 0.3) is 0 Å². The highest BCUT2D eigenvalue weighted by atomic mass is 35.5. The van der Waals surface area contributed by atoms with Gasteiger partial charge in [-0.3, -0.25) is 4.68 Å². The van der Waals surface area contributed by atoms with Crippen LogP contribution in [-0.4, -0.2) is 9.78 Å². The Bertz CT molecular complexity index is 521. The van der Waals surface area contributed by atoms with E-state index in [9.17, 15) is 8.78 Å². The molecule has 1 aromatic carbocycles. The number of nitrogens with one attached hydrogen (secondary N) is 1. The Morgan fingerprint density at radius 1 is 1.28 bits per heavy atom. The van der Waals surface area contributed by atoms with E-state index in [2.05, 4.69) is 10.4 Å². The summed E-state index contributed by atoms with van der Waals surface area (Å²) in [5.74, 6) is -0.222. The lowest BCUT2D eigenvalue weighted by molar-refractivity contribution is 0.587. The third-order valence-electron chi connectivity index (χ3n) is 2.58. The summed E-state index contributed by atoms with van der Waals surface area (Å²) in [7, 11) is 1.82. The molecule has 0 bridgehead atoms. The monoisotopic (exact) mass is 273 g/mol. The van der Waals surface area contributed by atoms with Crippen LogP contribution < -0.4 is 5.32 Å². The van der Waals surface area contributed by atoms with Crippen molar-refractivity contribution in [3.05, 3.63) is 47.2 Å². The number of hydrogen-bond donors (Lipinski definition) is 1. The maximum absolute atomic E-state index is 13.3. The van der Waals surface area contributed by atoms with Crippen LogP contribution in [0.15, 0.2) is 24.3 Å². The highest BCUT2D eigenvalue weighted by Crippen LogP contribution is 2.13. The summed E-state index contributed by atoms with van der Waals surface area (Å²) in [6.45, 7) is 2.13. The Hall–Kier alpha value is -1.62. The average molecular weight is 274 g/mol. The summed E-state index contributed by atoms with van der Waals surface area (Å²) in [5.41, 5.74) is 1.28. The Kier molecular flexibility index (Phi) is 4.67. The van der Waals surface area contributed by atoms with E-state index >= 15 is 0 Å². The fraction of sp³-hybridized carbons (Fsp3) is 0.250. The second-order valence-electron chi connectivity index (χ2n) is 3.88. The van der Waals surface area contributed by atoms with E-state index in [1.165, 1.54) is 6.07 Å². The molecule has 0 atom stereocenters. The second-order valence-corrected chi connectivity index (χ2v) is 3.88. The molecule has 0 fully saturated rings. The van der Waals surface area contributed by atoms with Gasteiger partial charge in [-0.15, -0.1) is 12.4 Å². The number of halogens is 3. The quantitative estimate of drug-likeness (QED) is 0.932. The maximum atomic E-state index is 13.3. The summed E-state index contributed by atoms with van der Waals surface area (Å²) < 4.78 is 28.0. The molecule has 0 aliphatic rings. The zero-order valence-electron chi connectivity index (χ0n) is 10.1. The molecule has 1 N–H and O–H groups in total. The highest BCUT2D eigenvalue weighted by Gasteiger charge is 2.05. The molecule has 2 aromatic rings. The van der Waals surface area contributed by atoms with Crippen LogP contribution in [0.5, 0.6) is 0 Å². The topological polar surface area (TPSA) is 29.9 Å². The molecule has 0 radical (unpaired) electrons. The van der Waals surface area contributed by atoms with Gasteiger partial charge in [-0.25, -0.2) is 8.78 Å². The van der Waals surface area contributed by atoms with Gasteiger partial charge in [0.1, 0.15) is 17.5 Å². The van der Waals surface area contributed by atoms with Gasteiger partial charge in [0.05, 0.1) is 0 Å². The highest BCUT2D eigenvalue weighted by molar-refractivity contribution is 5.85. The molecule has 0 saturated heterocycles. The van der Waals surface area contributed by atoms with Gasteiger partial charge in [0, 0.05) is 30.9 Å². The lowest BCUT2D eigenvalue weighted by Crippen LogP contribution is -2.03. The molecule has 6 heteroatoms. The molecule has 2 rings (SSSR count). The Labute approximate surface area is 110 Å². The van der Waals surface area contributed by atoms with Crippen LogP contribution in [0.3, 0.4) is 0 Å². The molecule has 18 heavy (non-hydrogen) atoms. The minimum Gasteiger partial charge on any atom is -0.364 e. The number of nitrogens with zero attached hydrogens (tertiary/aromatic N) is 2. The molecule has 0 saturated carbocycles. The molecule has 98 valence electrons. The van der Waals surface area contributed by atoms with Crippen LogP contribution in [0.2, 0.25) is 0 Å². The minimum absolute atomic E-state index is 0. The van der Waals surface area contributed by atoms with E-state index in [4.69, 9.17) is 0 Å². The molecule has 0 aliphatic heterocycles. The molecule has 1 aromatic heterocycles.